The largest absolute Gasteiger partial charge is 0.374 e. The predicted octanol–water partition coefficient (Wildman–Crippen LogP) is 0.404. The summed E-state index contributed by atoms with van der Waals surface area (Å²) in [6.45, 7) is 8.50. The van der Waals surface area contributed by atoms with Gasteiger partial charge in [0.15, 0.2) is 0 Å². The first-order valence-corrected chi connectivity index (χ1v) is 8.84. The molecule has 136 valence electrons. The Kier molecular flexibility index (Phi) is 5.06. The SMILES string of the molecule is Cc1nc(C)n(C[C@H]2CN(CC(=O)N[C@@](C)(C#N)C3CC3)CCO2)n1. The third kappa shape index (κ3) is 4.35. The zero-order valence-electron chi connectivity index (χ0n) is 15.2. The molecule has 0 unspecified atom stereocenters. The maximum Gasteiger partial charge on any atom is 0.235 e. The molecule has 1 aliphatic heterocycles. The molecule has 0 aromatic carbocycles. The molecule has 2 aliphatic rings. The van der Waals surface area contributed by atoms with Crippen molar-refractivity contribution < 1.29 is 9.53 Å². The van der Waals surface area contributed by atoms with E-state index in [1.54, 1.807) is 0 Å². The molecule has 1 saturated carbocycles. The van der Waals surface area contributed by atoms with Crippen molar-refractivity contribution in [3.05, 3.63) is 11.6 Å². The average Bonchev–Trinajstić information content (AvgIpc) is 3.35. The highest BCUT2D eigenvalue weighted by atomic mass is 16.5. The molecule has 1 saturated heterocycles. The van der Waals surface area contributed by atoms with Crippen LogP contribution in [0.3, 0.4) is 0 Å². The maximum atomic E-state index is 12.4. The van der Waals surface area contributed by atoms with Crippen LogP contribution >= 0.6 is 0 Å². The van der Waals surface area contributed by atoms with E-state index >= 15 is 0 Å². The van der Waals surface area contributed by atoms with Crippen molar-refractivity contribution in [3.8, 4) is 6.07 Å². The second kappa shape index (κ2) is 7.10. The van der Waals surface area contributed by atoms with Gasteiger partial charge in [-0.25, -0.2) is 9.67 Å². The summed E-state index contributed by atoms with van der Waals surface area (Å²) in [6.07, 6.45) is 2.01. The molecule has 1 N–H and O–H groups in total. The van der Waals surface area contributed by atoms with E-state index in [1.165, 1.54) is 0 Å². The van der Waals surface area contributed by atoms with Crippen LogP contribution in [0.2, 0.25) is 0 Å². The predicted molar refractivity (Wildman–Crippen MR) is 90.6 cm³/mol. The molecule has 25 heavy (non-hydrogen) atoms. The molecule has 1 amide bonds. The van der Waals surface area contributed by atoms with Crippen LogP contribution in [0, 0.1) is 31.1 Å². The Morgan fingerprint density at radius 3 is 2.84 bits per heavy atom. The molecule has 0 spiro atoms. The minimum Gasteiger partial charge on any atom is -0.374 e. The summed E-state index contributed by atoms with van der Waals surface area (Å²) in [5, 5.41) is 16.7. The topological polar surface area (TPSA) is 96.1 Å². The van der Waals surface area contributed by atoms with E-state index < -0.39 is 5.54 Å². The van der Waals surface area contributed by atoms with E-state index in [9.17, 15) is 10.1 Å². The number of carbonyl (C=O) groups is 1. The van der Waals surface area contributed by atoms with Crippen molar-refractivity contribution in [2.24, 2.45) is 5.92 Å². The van der Waals surface area contributed by atoms with Crippen LogP contribution in [-0.2, 0) is 16.1 Å². The summed E-state index contributed by atoms with van der Waals surface area (Å²) < 4.78 is 7.66. The first kappa shape index (κ1) is 17.8. The van der Waals surface area contributed by atoms with Crippen molar-refractivity contribution in [2.75, 3.05) is 26.2 Å². The number of hydrogen-bond donors (Lipinski definition) is 1. The lowest BCUT2D eigenvalue weighted by Crippen LogP contribution is -2.53. The monoisotopic (exact) mass is 346 g/mol. The Hall–Kier alpha value is -1.98. The number of rotatable bonds is 6. The molecule has 1 aromatic rings. The minimum atomic E-state index is -0.738. The fraction of sp³-hybridized carbons (Fsp3) is 0.765. The number of hydrogen-bond acceptors (Lipinski definition) is 6. The number of aromatic nitrogens is 3. The first-order valence-electron chi connectivity index (χ1n) is 8.84. The summed E-state index contributed by atoms with van der Waals surface area (Å²) in [5.74, 6) is 1.81. The number of aryl methyl sites for hydroxylation is 2. The Bertz CT molecular complexity index is 677. The van der Waals surface area contributed by atoms with E-state index in [2.05, 4.69) is 26.4 Å². The molecule has 8 nitrogen and oxygen atoms in total. The van der Waals surface area contributed by atoms with Crippen LogP contribution in [0.5, 0.6) is 0 Å². The maximum absolute atomic E-state index is 12.4. The highest BCUT2D eigenvalue weighted by Gasteiger charge is 2.43. The molecule has 1 aliphatic carbocycles. The lowest BCUT2D eigenvalue weighted by atomic mass is 9.98. The van der Waals surface area contributed by atoms with Gasteiger partial charge >= 0.3 is 0 Å². The van der Waals surface area contributed by atoms with Crippen molar-refractivity contribution in [1.82, 2.24) is 25.0 Å². The van der Waals surface area contributed by atoms with E-state index in [1.807, 2.05) is 25.5 Å². The Morgan fingerprint density at radius 1 is 1.48 bits per heavy atom. The Balaban J connectivity index is 1.52. The molecule has 2 fully saturated rings. The lowest BCUT2D eigenvalue weighted by Gasteiger charge is -2.33. The number of nitriles is 1. The highest BCUT2D eigenvalue weighted by Crippen LogP contribution is 2.39. The summed E-state index contributed by atoms with van der Waals surface area (Å²) in [4.78, 5) is 18.7. The van der Waals surface area contributed by atoms with Gasteiger partial charge in [-0.2, -0.15) is 10.4 Å². The summed E-state index contributed by atoms with van der Waals surface area (Å²) >= 11 is 0. The molecule has 0 radical (unpaired) electrons. The number of ether oxygens (including phenoxy) is 1. The number of carbonyl (C=O) groups excluding carboxylic acids is 1. The normalized spacial score (nSPS) is 23.7. The lowest BCUT2D eigenvalue weighted by molar-refractivity contribution is -0.125. The van der Waals surface area contributed by atoms with Gasteiger partial charge in [0.2, 0.25) is 5.91 Å². The van der Waals surface area contributed by atoms with Crippen LogP contribution in [-0.4, -0.2) is 63.5 Å². The van der Waals surface area contributed by atoms with E-state index in [0.717, 1.165) is 24.5 Å². The van der Waals surface area contributed by atoms with Gasteiger partial charge in [-0.15, -0.1) is 0 Å². The number of nitrogens with one attached hydrogen (secondary N) is 1. The number of amides is 1. The van der Waals surface area contributed by atoms with E-state index in [4.69, 9.17) is 4.74 Å². The van der Waals surface area contributed by atoms with Gasteiger partial charge in [0.05, 0.1) is 31.9 Å². The third-order valence-electron chi connectivity index (χ3n) is 4.95. The van der Waals surface area contributed by atoms with Crippen molar-refractivity contribution in [2.45, 2.75) is 51.8 Å². The van der Waals surface area contributed by atoms with Crippen molar-refractivity contribution >= 4 is 5.91 Å². The second-order valence-corrected chi connectivity index (χ2v) is 7.25. The van der Waals surface area contributed by atoms with Gasteiger partial charge in [0, 0.05) is 13.1 Å². The van der Waals surface area contributed by atoms with Crippen LogP contribution in [0.15, 0.2) is 0 Å². The molecule has 3 rings (SSSR count). The highest BCUT2D eigenvalue weighted by molar-refractivity contribution is 5.79. The van der Waals surface area contributed by atoms with Crippen LogP contribution in [0.25, 0.3) is 0 Å². The molecule has 8 heteroatoms. The Labute approximate surface area is 148 Å². The zero-order chi connectivity index (χ0) is 18.0. The molecule has 2 heterocycles. The van der Waals surface area contributed by atoms with Crippen molar-refractivity contribution in [1.29, 1.82) is 5.26 Å². The first-order chi connectivity index (χ1) is 11.9. The number of nitrogens with zero attached hydrogens (tertiary/aromatic N) is 5. The molecule has 1 aromatic heterocycles. The summed E-state index contributed by atoms with van der Waals surface area (Å²) in [5.41, 5.74) is -0.738. The van der Waals surface area contributed by atoms with Gasteiger partial charge in [-0.3, -0.25) is 9.69 Å². The van der Waals surface area contributed by atoms with E-state index in [-0.39, 0.29) is 17.9 Å². The molecular weight excluding hydrogens is 320 g/mol. The third-order valence-corrected chi connectivity index (χ3v) is 4.95. The standard InChI is InChI=1S/C17H26N6O2/c1-12-19-13(2)23(21-12)9-15-8-22(6-7-25-15)10-16(24)20-17(3,11-18)14-4-5-14/h14-15H,4-10H2,1-3H3,(H,20,24)/t15-,17+/m1/s1. The van der Waals surface area contributed by atoms with Crippen molar-refractivity contribution in [3.63, 3.8) is 0 Å². The number of morpholine rings is 1. The van der Waals surface area contributed by atoms with Gasteiger partial charge in [-0.05, 0) is 39.5 Å². The average molecular weight is 346 g/mol. The van der Waals surface area contributed by atoms with Gasteiger partial charge in [-0.1, -0.05) is 0 Å². The fourth-order valence-corrected chi connectivity index (χ4v) is 3.38. The Morgan fingerprint density at radius 2 is 2.24 bits per heavy atom. The van der Waals surface area contributed by atoms with Gasteiger partial charge in [0.25, 0.3) is 0 Å². The second-order valence-electron chi connectivity index (χ2n) is 7.25. The van der Waals surface area contributed by atoms with Gasteiger partial charge < -0.3 is 10.1 Å². The van der Waals surface area contributed by atoms with Crippen LogP contribution in [0.1, 0.15) is 31.4 Å². The van der Waals surface area contributed by atoms with Crippen LogP contribution < -0.4 is 5.32 Å². The van der Waals surface area contributed by atoms with Gasteiger partial charge in [0.1, 0.15) is 17.2 Å². The quantitative estimate of drug-likeness (QED) is 0.801. The smallest absolute Gasteiger partial charge is 0.235 e. The zero-order valence-corrected chi connectivity index (χ0v) is 15.2. The minimum absolute atomic E-state index is 0.0212. The van der Waals surface area contributed by atoms with Crippen LogP contribution in [0.4, 0.5) is 0 Å². The van der Waals surface area contributed by atoms with E-state index in [0.29, 0.717) is 32.8 Å². The summed E-state index contributed by atoms with van der Waals surface area (Å²) in [6, 6.07) is 2.26. The molecule has 0 bridgehead atoms. The molecule has 2 atom stereocenters. The molecular formula is C17H26N6O2. The summed E-state index contributed by atoms with van der Waals surface area (Å²) in [7, 11) is 0. The fourth-order valence-electron chi connectivity index (χ4n) is 3.38.